The highest BCUT2D eigenvalue weighted by atomic mass is 16.1. The second-order valence-corrected chi connectivity index (χ2v) is 6.00. The molecule has 0 N–H and O–H groups in total. The Bertz CT molecular complexity index is 360. The van der Waals surface area contributed by atoms with Crippen molar-refractivity contribution >= 4 is 12.2 Å². The molecule has 4 unspecified atom stereocenters. The van der Waals surface area contributed by atoms with Gasteiger partial charge in [-0.3, -0.25) is 0 Å². The molecule has 0 amide bonds. The molecule has 0 aliphatic heterocycles. The maximum Gasteiger partial charge on any atom is 0.235 e. The van der Waals surface area contributed by atoms with Gasteiger partial charge in [-0.2, -0.15) is 0 Å². The summed E-state index contributed by atoms with van der Waals surface area (Å²) in [6.07, 6.45) is 4.84. The van der Waals surface area contributed by atoms with Gasteiger partial charge in [-0.1, -0.05) is 27.7 Å². The van der Waals surface area contributed by atoms with Gasteiger partial charge >= 0.3 is 0 Å². The van der Waals surface area contributed by atoms with Crippen molar-refractivity contribution in [3.63, 3.8) is 0 Å². The quantitative estimate of drug-likeness (QED) is 0.546. The molecule has 0 radical (unpaired) electrons. The molecule has 1 rings (SSSR count). The van der Waals surface area contributed by atoms with Crippen LogP contribution in [0.1, 0.15) is 40.5 Å². The van der Waals surface area contributed by atoms with Gasteiger partial charge in [0.25, 0.3) is 0 Å². The monoisotopic (exact) mass is 236 g/mol. The van der Waals surface area contributed by atoms with Gasteiger partial charge in [-0.05, 0) is 30.1 Å². The van der Waals surface area contributed by atoms with Crippen molar-refractivity contribution in [1.82, 2.24) is 0 Å². The fraction of sp³-hybridized carbons (Fsp3) is 0.846. The summed E-state index contributed by atoms with van der Waals surface area (Å²) in [6.45, 7) is 8.55. The minimum absolute atomic E-state index is 0.0619. The molecule has 4 nitrogen and oxygen atoms in total. The summed E-state index contributed by atoms with van der Waals surface area (Å²) >= 11 is 0. The first kappa shape index (κ1) is 13.8. The summed E-state index contributed by atoms with van der Waals surface area (Å²) in [7, 11) is 0. The lowest BCUT2D eigenvalue weighted by atomic mass is 9.65. The molecule has 0 aromatic heterocycles. The molecule has 17 heavy (non-hydrogen) atoms. The smallest absolute Gasteiger partial charge is 0.211 e. The van der Waals surface area contributed by atoms with E-state index in [0.29, 0.717) is 18.3 Å². The maximum atomic E-state index is 10.5. The number of aliphatic imine (C=N–C) groups is 2. The van der Waals surface area contributed by atoms with Gasteiger partial charge in [-0.15, -0.1) is 0 Å². The van der Waals surface area contributed by atoms with E-state index in [0.717, 1.165) is 6.42 Å². The van der Waals surface area contributed by atoms with Crippen molar-refractivity contribution < 1.29 is 9.59 Å². The maximum absolute atomic E-state index is 10.5. The van der Waals surface area contributed by atoms with E-state index in [-0.39, 0.29) is 17.5 Å². The zero-order valence-electron chi connectivity index (χ0n) is 10.9. The predicted molar refractivity (Wildman–Crippen MR) is 65.2 cm³/mol. The number of rotatable bonds is 2. The molecule has 0 aromatic rings. The Morgan fingerprint density at radius 1 is 1.00 bits per heavy atom. The van der Waals surface area contributed by atoms with Gasteiger partial charge in [0.05, 0.1) is 12.1 Å². The third-order valence-corrected chi connectivity index (χ3v) is 3.78. The van der Waals surface area contributed by atoms with E-state index in [1.165, 1.54) is 0 Å². The van der Waals surface area contributed by atoms with E-state index in [1.807, 2.05) is 0 Å². The van der Waals surface area contributed by atoms with Crippen LogP contribution in [0.25, 0.3) is 0 Å². The molecule has 1 saturated carbocycles. The Balaban J connectivity index is 2.95. The van der Waals surface area contributed by atoms with Gasteiger partial charge in [0.2, 0.25) is 12.2 Å². The lowest BCUT2D eigenvalue weighted by molar-refractivity contribution is 0.112. The van der Waals surface area contributed by atoms with E-state index in [9.17, 15) is 9.59 Å². The third-order valence-electron chi connectivity index (χ3n) is 3.78. The van der Waals surface area contributed by atoms with Gasteiger partial charge in [0, 0.05) is 0 Å². The molecule has 0 saturated heterocycles. The van der Waals surface area contributed by atoms with Crippen LogP contribution in [-0.4, -0.2) is 24.2 Å². The van der Waals surface area contributed by atoms with Crippen LogP contribution in [-0.2, 0) is 9.59 Å². The lowest BCUT2D eigenvalue weighted by Crippen LogP contribution is -2.41. The number of isocyanates is 2. The summed E-state index contributed by atoms with van der Waals surface area (Å²) in [6, 6.07) is -0.140. The second-order valence-electron chi connectivity index (χ2n) is 6.00. The Hall–Kier alpha value is -1.24. The van der Waals surface area contributed by atoms with Crippen molar-refractivity contribution in [3.05, 3.63) is 0 Å². The Kier molecular flexibility index (Phi) is 4.39. The molecule has 0 heterocycles. The lowest BCUT2D eigenvalue weighted by Gasteiger charge is -2.42. The van der Waals surface area contributed by atoms with E-state index < -0.39 is 0 Å². The van der Waals surface area contributed by atoms with E-state index in [2.05, 4.69) is 37.7 Å². The number of nitrogens with zero attached hydrogens (tertiary/aromatic N) is 2. The van der Waals surface area contributed by atoms with Crippen molar-refractivity contribution in [2.75, 3.05) is 0 Å². The van der Waals surface area contributed by atoms with Gasteiger partial charge < -0.3 is 0 Å². The second kappa shape index (κ2) is 5.39. The molecular formula is C13H20N2O2. The summed E-state index contributed by atoms with van der Waals surface area (Å²) in [4.78, 5) is 28.6. The zero-order chi connectivity index (χ0) is 13.1. The summed E-state index contributed by atoms with van der Waals surface area (Å²) in [5, 5.41) is 0. The molecule has 94 valence electrons. The highest BCUT2D eigenvalue weighted by Gasteiger charge is 2.40. The molecule has 1 aliphatic rings. The van der Waals surface area contributed by atoms with Crippen molar-refractivity contribution in [2.45, 2.75) is 52.6 Å². The number of carbonyl (C=O) groups excluding carboxylic acids is 2. The van der Waals surface area contributed by atoms with Crippen LogP contribution in [0.3, 0.4) is 0 Å². The van der Waals surface area contributed by atoms with Crippen molar-refractivity contribution in [2.24, 2.45) is 27.2 Å². The highest BCUT2D eigenvalue weighted by molar-refractivity contribution is 5.35. The molecule has 1 fully saturated rings. The largest absolute Gasteiger partial charge is 0.235 e. The van der Waals surface area contributed by atoms with Gasteiger partial charge in [0.15, 0.2) is 0 Å². The normalized spacial score (nSPS) is 33.4. The first-order valence-electron chi connectivity index (χ1n) is 6.04. The first-order chi connectivity index (χ1) is 7.90. The van der Waals surface area contributed by atoms with Crippen LogP contribution in [0.15, 0.2) is 9.98 Å². The molecule has 0 bridgehead atoms. The summed E-state index contributed by atoms with van der Waals surface area (Å²) < 4.78 is 0. The van der Waals surface area contributed by atoms with Crippen LogP contribution in [0.5, 0.6) is 0 Å². The Morgan fingerprint density at radius 2 is 1.53 bits per heavy atom. The van der Waals surface area contributed by atoms with Crippen LogP contribution >= 0.6 is 0 Å². The van der Waals surface area contributed by atoms with Crippen molar-refractivity contribution in [3.8, 4) is 0 Å². The SMILES string of the molecule is CC1CC(C(C)(C)C)C(N=C=O)CC1N=C=O. The molecule has 0 aromatic carbocycles. The fourth-order valence-corrected chi connectivity index (χ4v) is 2.75. The Labute approximate surface area is 102 Å². The Morgan fingerprint density at radius 3 is 2.00 bits per heavy atom. The van der Waals surface area contributed by atoms with Crippen LogP contribution in [0.2, 0.25) is 0 Å². The van der Waals surface area contributed by atoms with Gasteiger partial charge in [-0.25, -0.2) is 19.6 Å². The van der Waals surface area contributed by atoms with Crippen LogP contribution in [0, 0.1) is 17.3 Å². The van der Waals surface area contributed by atoms with Crippen LogP contribution < -0.4 is 0 Å². The zero-order valence-corrected chi connectivity index (χ0v) is 10.9. The van der Waals surface area contributed by atoms with E-state index in [4.69, 9.17) is 0 Å². The molecule has 4 heteroatoms. The minimum Gasteiger partial charge on any atom is -0.211 e. The van der Waals surface area contributed by atoms with E-state index >= 15 is 0 Å². The topological polar surface area (TPSA) is 58.9 Å². The third kappa shape index (κ3) is 3.36. The van der Waals surface area contributed by atoms with Gasteiger partial charge in [0.1, 0.15) is 0 Å². The summed E-state index contributed by atoms with van der Waals surface area (Å²) in [5.74, 6) is 0.663. The molecule has 0 spiro atoms. The first-order valence-corrected chi connectivity index (χ1v) is 6.04. The highest BCUT2D eigenvalue weighted by Crippen LogP contribution is 2.42. The van der Waals surface area contributed by atoms with Crippen LogP contribution in [0.4, 0.5) is 0 Å². The predicted octanol–water partition coefficient (Wildman–Crippen LogP) is 2.49. The molecular weight excluding hydrogens is 216 g/mol. The summed E-state index contributed by atoms with van der Waals surface area (Å²) in [5.41, 5.74) is 0.0924. The minimum atomic E-state index is -0.0780. The average molecular weight is 236 g/mol. The molecule has 1 aliphatic carbocycles. The standard InChI is InChI=1S/C13H20N2O2/c1-9-5-10(13(2,3)4)12(15-8-17)6-11(9)14-7-16/h9-12H,5-6H2,1-4H3. The molecule has 4 atom stereocenters. The number of hydrogen-bond donors (Lipinski definition) is 0. The number of hydrogen-bond acceptors (Lipinski definition) is 4. The van der Waals surface area contributed by atoms with Crippen molar-refractivity contribution in [1.29, 1.82) is 0 Å². The fourth-order valence-electron chi connectivity index (χ4n) is 2.75. The van der Waals surface area contributed by atoms with E-state index in [1.54, 1.807) is 12.2 Å². The average Bonchev–Trinajstić information content (AvgIpc) is 2.21.